The molecule has 5 heteroatoms. The summed E-state index contributed by atoms with van der Waals surface area (Å²) in [4.78, 5) is 18.5. The maximum atomic E-state index is 11.4. The summed E-state index contributed by atoms with van der Waals surface area (Å²) in [6.07, 6.45) is 1.45. The molecule has 1 heterocycles. The van der Waals surface area contributed by atoms with Gasteiger partial charge in [-0.15, -0.1) is 0 Å². The van der Waals surface area contributed by atoms with Gasteiger partial charge in [0, 0.05) is 11.3 Å². The van der Waals surface area contributed by atoms with Crippen molar-refractivity contribution in [3.63, 3.8) is 0 Å². The summed E-state index contributed by atoms with van der Waals surface area (Å²) in [6, 6.07) is 7.27. The van der Waals surface area contributed by atoms with E-state index >= 15 is 0 Å². The predicted molar refractivity (Wildman–Crippen MR) is 64.4 cm³/mol. The van der Waals surface area contributed by atoms with Crippen LogP contribution in [0.15, 0.2) is 30.5 Å². The van der Waals surface area contributed by atoms with E-state index in [0.29, 0.717) is 23.8 Å². The first kappa shape index (κ1) is 11.2. The molecule has 0 fully saturated rings. The van der Waals surface area contributed by atoms with Crippen molar-refractivity contribution in [2.24, 2.45) is 0 Å². The average Bonchev–Trinajstić information content (AvgIpc) is 2.78. The lowest BCUT2D eigenvalue weighted by Gasteiger charge is -1.99. The van der Waals surface area contributed by atoms with Crippen LogP contribution >= 0.6 is 0 Å². The fraction of sp³-hybridized carbons (Fsp3) is 0.167. The lowest BCUT2D eigenvalue weighted by Crippen LogP contribution is -2.04. The zero-order valence-corrected chi connectivity index (χ0v) is 9.43. The smallest absolute Gasteiger partial charge is 0.356 e. The Morgan fingerprint density at radius 2 is 2.35 bits per heavy atom. The van der Waals surface area contributed by atoms with Crippen molar-refractivity contribution >= 4 is 11.7 Å². The van der Waals surface area contributed by atoms with Gasteiger partial charge in [-0.1, -0.05) is 12.1 Å². The van der Waals surface area contributed by atoms with Gasteiger partial charge in [-0.25, -0.2) is 9.78 Å². The van der Waals surface area contributed by atoms with E-state index in [1.165, 1.54) is 6.20 Å². The molecule has 5 nitrogen and oxygen atoms in total. The molecule has 0 aliphatic heterocycles. The molecule has 2 aromatic rings. The Balaban J connectivity index is 2.27. The molecule has 0 spiro atoms. The van der Waals surface area contributed by atoms with Crippen LogP contribution in [0.3, 0.4) is 0 Å². The van der Waals surface area contributed by atoms with Gasteiger partial charge >= 0.3 is 5.97 Å². The lowest BCUT2D eigenvalue weighted by molar-refractivity contribution is 0.0520. The van der Waals surface area contributed by atoms with Crippen molar-refractivity contribution in [3.8, 4) is 11.4 Å². The van der Waals surface area contributed by atoms with E-state index in [2.05, 4.69) is 9.97 Å². The van der Waals surface area contributed by atoms with Gasteiger partial charge in [0.15, 0.2) is 0 Å². The standard InChI is InChI=1S/C12H13N3O2/c1-2-17-12(16)10-7-14-11(15-10)8-4-3-5-9(13)6-8/h3-7H,2,13H2,1H3,(H,14,15). The summed E-state index contributed by atoms with van der Waals surface area (Å²) in [5.74, 6) is 0.190. The number of hydrogen-bond acceptors (Lipinski definition) is 4. The lowest BCUT2D eigenvalue weighted by atomic mass is 10.2. The molecule has 1 aromatic heterocycles. The quantitative estimate of drug-likeness (QED) is 0.623. The van der Waals surface area contributed by atoms with Crippen LogP contribution in [-0.4, -0.2) is 22.5 Å². The number of carbonyl (C=O) groups excluding carboxylic acids is 1. The second kappa shape index (κ2) is 4.69. The second-order valence-corrected chi connectivity index (χ2v) is 3.49. The van der Waals surface area contributed by atoms with Crippen LogP contribution in [0.5, 0.6) is 0 Å². The van der Waals surface area contributed by atoms with Gasteiger partial charge in [-0.05, 0) is 19.1 Å². The molecular formula is C12H13N3O2. The number of aromatic amines is 1. The summed E-state index contributed by atoms with van der Waals surface area (Å²) in [6.45, 7) is 2.10. The summed E-state index contributed by atoms with van der Waals surface area (Å²) >= 11 is 0. The number of hydrogen-bond donors (Lipinski definition) is 2. The third-order valence-corrected chi connectivity index (χ3v) is 2.23. The Labute approximate surface area is 98.6 Å². The minimum atomic E-state index is -0.407. The van der Waals surface area contributed by atoms with E-state index in [1.54, 1.807) is 19.1 Å². The molecule has 0 saturated carbocycles. The molecule has 0 aliphatic carbocycles. The minimum Gasteiger partial charge on any atom is -0.461 e. The molecular weight excluding hydrogens is 218 g/mol. The third kappa shape index (κ3) is 2.44. The van der Waals surface area contributed by atoms with Crippen LogP contribution < -0.4 is 5.73 Å². The highest BCUT2D eigenvalue weighted by Gasteiger charge is 2.11. The van der Waals surface area contributed by atoms with Crippen LogP contribution in [0, 0.1) is 0 Å². The molecule has 1 aromatic carbocycles. The fourth-order valence-electron chi connectivity index (χ4n) is 1.47. The van der Waals surface area contributed by atoms with E-state index in [-0.39, 0.29) is 0 Å². The molecule has 2 rings (SSSR count). The van der Waals surface area contributed by atoms with Crippen LogP contribution in [0.2, 0.25) is 0 Å². The normalized spacial score (nSPS) is 10.2. The van der Waals surface area contributed by atoms with Gasteiger partial charge in [0.1, 0.15) is 11.5 Å². The number of carbonyl (C=O) groups is 1. The van der Waals surface area contributed by atoms with Gasteiger partial charge in [0.2, 0.25) is 0 Å². The zero-order valence-electron chi connectivity index (χ0n) is 9.43. The van der Waals surface area contributed by atoms with Crippen molar-refractivity contribution in [3.05, 3.63) is 36.2 Å². The molecule has 17 heavy (non-hydrogen) atoms. The van der Waals surface area contributed by atoms with Crippen molar-refractivity contribution in [2.45, 2.75) is 6.92 Å². The van der Waals surface area contributed by atoms with Crippen LogP contribution in [0.4, 0.5) is 5.69 Å². The number of aromatic nitrogens is 2. The Morgan fingerprint density at radius 3 is 3.06 bits per heavy atom. The van der Waals surface area contributed by atoms with Crippen LogP contribution in [0.25, 0.3) is 11.4 Å². The summed E-state index contributed by atoms with van der Waals surface area (Å²) in [5, 5.41) is 0. The average molecular weight is 231 g/mol. The highest BCUT2D eigenvalue weighted by atomic mass is 16.5. The topological polar surface area (TPSA) is 81.0 Å². The SMILES string of the molecule is CCOC(=O)c1cnc(-c2cccc(N)c2)[nH]1. The number of nitrogens with two attached hydrogens (primary N) is 1. The molecule has 0 amide bonds. The molecule has 0 atom stereocenters. The monoisotopic (exact) mass is 231 g/mol. The molecule has 3 N–H and O–H groups in total. The number of nitrogens with one attached hydrogen (secondary N) is 1. The Hall–Kier alpha value is -2.30. The maximum absolute atomic E-state index is 11.4. The van der Waals surface area contributed by atoms with E-state index in [0.717, 1.165) is 5.56 Å². The van der Waals surface area contributed by atoms with Crippen molar-refractivity contribution < 1.29 is 9.53 Å². The molecule has 88 valence electrons. The van der Waals surface area contributed by atoms with Gasteiger partial charge in [-0.3, -0.25) is 0 Å². The van der Waals surface area contributed by atoms with Crippen molar-refractivity contribution in [1.29, 1.82) is 0 Å². The van der Waals surface area contributed by atoms with Gasteiger partial charge in [0.25, 0.3) is 0 Å². The van der Waals surface area contributed by atoms with Crippen molar-refractivity contribution in [2.75, 3.05) is 12.3 Å². The molecule has 0 saturated heterocycles. The van der Waals surface area contributed by atoms with Gasteiger partial charge < -0.3 is 15.5 Å². The number of nitrogens with zero attached hydrogens (tertiary/aromatic N) is 1. The summed E-state index contributed by atoms with van der Waals surface area (Å²) < 4.78 is 4.87. The first-order valence-corrected chi connectivity index (χ1v) is 5.28. The number of esters is 1. The first-order chi connectivity index (χ1) is 8.20. The highest BCUT2D eigenvalue weighted by Crippen LogP contribution is 2.18. The largest absolute Gasteiger partial charge is 0.461 e. The van der Waals surface area contributed by atoms with E-state index in [1.807, 2.05) is 12.1 Å². The third-order valence-electron chi connectivity index (χ3n) is 2.23. The number of rotatable bonds is 3. The van der Waals surface area contributed by atoms with Crippen molar-refractivity contribution in [1.82, 2.24) is 9.97 Å². The highest BCUT2D eigenvalue weighted by molar-refractivity contribution is 5.87. The summed E-state index contributed by atoms with van der Waals surface area (Å²) in [7, 11) is 0. The molecule has 0 unspecified atom stereocenters. The van der Waals surface area contributed by atoms with Gasteiger partial charge in [-0.2, -0.15) is 0 Å². The Morgan fingerprint density at radius 1 is 1.53 bits per heavy atom. The number of ether oxygens (including phenoxy) is 1. The number of imidazole rings is 1. The number of anilines is 1. The van der Waals surface area contributed by atoms with E-state index in [4.69, 9.17) is 10.5 Å². The Kier molecular flexibility index (Phi) is 3.09. The number of benzene rings is 1. The van der Waals surface area contributed by atoms with Gasteiger partial charge in [0.05, 0.1) is 12.8 Å². The number of nitrogen functional groups attached to an aromatic ring is 1. The molecule has 0 radical (unpaired) electrons. The first-order valence-electron chi connectivity index (χ1n) is 5.28. The van der Waals surface area contributed by atoms with Crippen LogP contribution in [-0.2, 0) is 4.74 Å². The predicted octanol–water partition coefficient (Wildman–Crippen LogP) is 1.84. The second-order valence-electron chi connectivity index (χ2n) is 3.49. The summed E-state index contributed by atoms with van der Waals surface area (Å²) in [5.41, 5.74) is 7.50. The van der Waals surface area contributed by atoms with E-state index < -0.39 is 5.97 Å². The Bertz CT molecular complexity index is 534. The molecule has 0 aliphatic rings. The maximum Gasteiger partial charge on any atom is 0.356 e. The minimum absolute atomic E-state index is 0.337. The molecule has 0 bridgehead atoms. The fourth-order valence-corrected chi connectivity index (χ4v) is 1.47. The van der Waals surface area contributed by atoms with Crippen LogP contribution in [0.1, 0.15) is 17.4 Å². The van der Waals surface area contributed by atoms with E-state index in [9.17, 15) is 4.79 Å². The zero-order chi connectivity index (χ0) is 12.3. The number of H-pyrrole nitrogens is 1.